The first kappa shape index (κ1) is 16.2. The predicted molar refractivity (Wildman–Crippen MR) is 78.0 cm³/mol. The van der Waals surface area contributed by atoms with E-state index in [0.717, 1.165) is 51.9 Å². The first-order valence-electron chi connectivity index (χ1n) is 7.91. The van der Waals surface area contributed by atoms with Crippen LogP contribution in [-0.2, 0) is 14.3 Å². The van der Waals surface area contributed by atoms with Gasteiger partial charge in [-0.25, -0.2) is 0 Å². The lowest BCUT2D eigenvalue weighted by atomic mass is 9.82. The number of carboxylic acid groups (broad SMARTS) is 1. The van der Waals surface area contributed by atoms with Gasteiger partial charge in [0.15, 0.2) is 0 Å². The SMILES string of the molecule is CCC1(C(=O)N2CCC(OCCC(=O)O)CC2)CCNC1. The molecule has 6 heteroatoms. The fourth-order valence-electron chi connectivity index (χ4n) is 3.25. The summed E-state index contributed by atoms with van der Waals surface area (Å²) in [4.78, 5) is 25.2. The number of aliphatic carboxylic acids is 1. The van der Waals surface area contributed by atoms with E-state index in [1.807, 2.05) is 4.90 Å². The fraction of sp³-hybridized carbons (Fsp3) is 0.867. The van der Waals surface area contributed by atoms with Crippen LogP contribution in [0.15, 0.2) is 0 Å². The molecule has 2 aliphatic heterocycles. The van der Waals surface area contributed by atoms with Crippen molar-refractivity contribution >= 4 is 11.9 Å². The van der Waals surface area contributed by atoms with Crippen molar-refractivity contribution in [2.75, 3.05) is 32.8 Å². The zero-order valence-electron chi connectivity index (χ0n) is 12.8. The van der Waals surface area contributed by atoms with Crippen LogP contribution in [0.25, 0.3) is 0 Å². The number of ether oxygens (including phenoxy) is 1. The molecule has 1 unspecified atom stereocenters. The Hall–Kier alpha value is -1.14. The third kappa shape index (κ3) is 3.95. The molecule has 0 aromatic rings. The summed E-state index contributed by atoms with van der Waals surface area (Å²) in [5.74, 6) is -0.555. The molecule has 2 fully saturated rings. The van der Waals surface area contributed by atoms with Gasteiger partial charge >= 0.3 is 5.97 Å². The van der Waals surface area contributed by atoms with Gasteiger partial charge in [-0.2, -0.15) is 0 Å². The van der Waals surface area contributed by atoms with Gasteiger partial charge in [-0.1, -0.05) is 6.92 Å². The molecule has 6 nitrogen and oxygen atoms in total. The summed E-state index contributed by atoms with van der Waals surface area (Å²) in [6.07, 6.45) is 3.55. The maximum Gasteiger partial charge on any atom is 0.305 e. The van der Waals surface area contributed by atoms with Crippen molar-refractivity contribution in [2.24, 2.45) is 5.41 Å². The van der Waals surface area contributed by atoms with Gasteiger partial charge in [0.1, 0.15) is 0 Å². The van der Waals surface area contributed by atoms with Crippen molar-refractivity contribution in [1.82, 2.24) is 10.2 Å². The zero-order valence-corrected chi connectivity index (χ0v) is 12.8. The molecule has 0 aromatic heterocycles. The van der Waals surface area contributed by atoms with E-state index in [4.69, 9.17) is 9.84 Å². The maximum atomic E-state index is 12.7. The largest absolute Gasteiger partial charge is 0.481 e. The van der Waals surface area contributed by atoms with Crippen LogP contribution >= 0.6 is 0 Å². The molecule has 1 amide bonds. The lowest BCUT2D eigenvalue weighted by molar-refractivity contribution is -0.144. The second kappa shape index (κ2) is 7.22. The molecule has 0 aromatic carbocycles. The average molecular weight is 298 g/mol. The molecule has 0 aliphatic carbocycles. The molecule has 2 rings (SSSR count). The summed E-state index contributed by atoms with van der Waals surface area (Å²) < 4.78 is 5.57. The molecule has 2 saturated heterocycles. The lowest BCUT2D eigenvalue weighted by Gasteiger charge is -2.37. The van der Waals surface area contributed by atoms with Crippen LogP contribution in [0.5, 0.6) is 0 Å². The topological polar surface area (TPSA) is 78.9 Å². The number of piperidine rings is 1. The molecule has 0 bridgehead atoms. The van der Waals surface area contributed by atoms with Crippen molar-refractivity contribution in [3.63, 3.8) is 0 Å². The summed E-state index contributed by atoms with van der Waals surface area (Å²) in [6.45, 7) is 5.51. The summed E-state index contributed by atoms with van der Waals surface area (Å²) in [7, 11) is 0. The zero-order chi connectivity index (χ0) is 15.3. The van der Waals surface area contributed by atoms with Crippen molar-refractivity contribution in [2.45, 2.75) is 45.1 Å². The van der Waals surface area contributed by atoms with Crippen molar-refractivity contribution in [3.8, 4) is 0 Å². The van der Waals surface area contributed by atoms with Crippen molar-refractivity contribution in [3.05, 3.63) is 0 Å². The van der Waals surface area contributed by atoms with Gasteiger partial charge in [0.25, 0.3) is 0 Å². The van der Waals surface area contributed by atoms with Gasteiger partial charge in [0, 0.05) is 19.6 Å². The highest BCUT2D eigenvalue weighted by atomic mass is 16.5. The molecule has 2 N–H and O–H groups in total. The minimum Gasteiger partial charge on any atom is -0.481 e. The molecule has 0 spiro atoms. The Morgan fingerprint density at radius 1 is 1.38 bits per heavy atom. The summed E-state index contributed by atoms with van der Waals surface area (Å²) in [5, 5.41) is 11.9. The van der Waals surface area contributed by atoms with E-state index in [2.05, 4.69) is 12.2 Å². The Kier molecular flexibility index (Phi) is 5.58. The second-order valence-electron chi connectivity index (χ2n) is 6.07. The summed E-state index contributed by atoms with van der Waals surface area (Å²) >= 11 is 0. The Balaban J connectivity index is 1.78. The molecular weight excluding hydrogens is 272 g/mol. The highest BCUT2D eigenvalue weighted by Gasteiger charge is 2.42. The number of amides is 1. The number of nitrogens with zero attached hydrogens (tertiary/aromatic N) is 1. The number of likely N-dealkylation sites (tertiary alicyclic amines) is 1. The van der Waals surface area contributed by atoms with E-state index < -0.39 is 5.97 Å². The van der Waals surface area contributed by atoms with E-state index in [1.165, 1.54) is 0 Å². The van der Waals surface area contributed by atoms with Crippen LogP contribution in [0.3, 0.4) is 0 Å². The molecule has 2 heterocycles. The van der Waals surface area contributed by atoms with Gasteiger partial charge in [0.05, 0.1) is 24.5 Å². The molecule has 1 atom stereocenters. The Bertz CT molecular complexity index is 372. The third-order valence-electron chi connectivity index (χ3n) is 4.77. The van der Waals surface area contributed by atoms with E-state index in [9.17, 15) is 9.59 Å². The molecule has 120 valence electrons. The predicted octanol–water partition coefficient (Wildman–Crippen LogP) is 0.858. The van der Waals surface area contributed by atoms with Gasteiger partial charge in [0.2, 0.25) is 5.91 Å². The normalized spacial score (nSPS) is 27.0. The van der Waals surface area contributed by atoms with Gasteiger partial charge in [-0.3, -0.25) is 9.59 Å². The minimum atomic E-state index is -0.832. The van der Waals surface area contributed by atoms with Crippen LogP contribution in [0.1, 0.15) is 39.0 Å². The van der Waals surface area contributed by atoms with E-state index >= 15 is 0 Å². The molecular formula is C15H26N2O4. The fourth-order valence-corrected chi connectivity index (χ4v) is 3.25. The number of rotatable bonds is 6. The monoisotopic (exact) mass is 298 g/mol. The Morgan fingerprint density at radius 2 is 2.10 bits per heavy atom. The smallest absolute Gasteiger partial charge is 0.305 e. The van der Waals surface area contributed by atoms with E-state index in [-0.39, 0.29) is 30.5 Å². The van der Waals surface area contributed by atoms with E-state index in [0.29, 0.717) is 0 Å². The average Bonchev–Trinajstić information content (AvgIpc) is 2.97. The second-order valence-corrected chi connectivity index (χ2v) is 6.07. The highest BCUT2D eigenvalue weighted by Crippen LogP contribution is 2.32. The summed E-state index contributed by atoms with van der Waals surface area (Å²) in [6, 6.07) is 0. The van der Waals surface area contributed by atoms with Crippen LogP contribution in [0, 0.1) is 5.41 Å². The number of carbonyl (C=O) groups is 2. The number of carbonyl (C=O) groups excluding carboxylic acids is 1. The molecule has 0 radical (unpaired) electrons. The van der Waals surface area contributed by atoms with Crippen molar-refractivity contribution < 1.29 is 19.4 Å². The Morgan fingerprint density at radius 3 is 2.62 bits per heavy atom. The van der Waals surface area contributed by atoms with E-state index in [1.54, 1.807) is 0 Å². The standard InChI is InChI=1S/C15H26N2O4/c1-2-15(6-7-16-11-15)14(20)17-8-3-12(4-9-17)21-10-5-13(18)19/h12,16H,2-11H2,1H3,(H,18,19). The molecule has 0 saturated carbocycles. The van der Waals surface area contributed by atoms with Crippen LogP contribution in [-0.4, -0.2) is 60.8 Å². The molecule has 2 aliphatic rings. The number of nitrogens with one attached hydrogen (secondary N) is 1. The lowest BCUT2D eigenvalue weighted by Crippen LogP contribution is -2.49. The number of carboxylic acids is 1. The maximum absolute atomic E-state index is 12.7. The van der Waals surface area contributed by atoms with Crippen molar-refractivity contribution in [1.29, 1.82) is 0 Å². The van der Waals surface area contributed by atoms with Crippen LogP contribution in [0.2, 0.25) is 0 Å². The van der Waals surface area contributed by atoms with Crippen LogP contribution < -0.4 is 5.32 Å². The third-order valence-corrected chi connectivity index (χ3v) is 4.77. The Labute approximate surface area is 125 Å². The van der Waals surface area contributed by atoms with Gasteiger partial charge in [-0.05, 0) is 32.2 Å². The van der Waals surface area contributed by atoms with Crippen LogP contribution in [0.4, 0.5) is 0 Å². The van der Waals surface area contributed by atoms with Gasteiger partial charge < -0.3 is 20.1 Å². The number of hydrogen-bond acceptors (Lipinski definition) is 4. The minimum absolute atomic E-state index is 0.0454. The number of hydrogen-bond donors (Lipinski definition) is 2. The first-order chi connectivity index (χ1) is 10.1. The highest BCUT2D eigenvalue weighted by molar-refractivity contribution is 5.83. The molecule has 21 heavy (non-hydrogen) atoms. The van der Waals surface area contributed by atoms with Gasteiger partial charge in [-0.15, -0.1) is 0 Å². The quantitative estimate of drug-likeness (QED) is 0.760. The summed E-state index contributed by atoms with van der Waals surface area (Å²) in [5.41, 5.74) is -0.211. The first-order valence-corrected chi connectivity index (χ1v) is 7.91.